The molecule has 2 rings (SSSR count). The molecule has 0 saturated heterocycles. The van der Waals surface area contributed by atoms with Crippen LogP contribution in [0, 0.1) is 6.92 Å². The number of amides is 1. The Balaban J connectivity index is 1.75. The summed E-state index contributed by atoms with van der Waals surface area (Å²) < 4.78 is 28.6. The summed E-state index contributed by atoms with van der Waals surface area (Å²) in [5, 5.41) is 2.46. The lowest BCUT2D eigenvalue weighted by Gasteiger charge is -2.09. The number of nitrogens with one attached hydrogen (secondary N) is 1. The Labute approximate surface area is 169 Å². The molecular formula is C19H18ClF2NO4S. The fourth-order valence-electron chi connectivity index (χ4n) is 2.33. The van der Waals surface area contributed by atoms with Gasteiger partial charge in [-0.3, -0.25) is 14.4 Å². The third kappa shape index (κ3) is 7.01. The maximum absolute atomic E-state index is 12.2. The van der Waals surface area contributed by atoms with E-state index in [9.17, 15) is 23.2 Å². The number of Topliss-reactive ketones (excluding diaryl/α,β-unsaturated/α-hetero) is 2. The van der Waals surface area contributed by atoms with E-state index in [-0.39, 0.29) is 48.0 Å². The highest BCUT2D eigenvalue weighted by atomic mass is 35.5. The summed E-state index contributed by atoms with van der Waals surface area (Å²) in [7, 11) is 0. The first-order chi connectivity index (χ1) is 13.2. The molecule has 1 amide bonds. The van der Waals surface area contributed by atoms with Gasteiger partial charge in [-0.05, 0) is 37.3 Å². The molecule has 1 aromatic carbocycles. The highest BCUT2D eigenvalue weighted by molar-refractivity contribution is 7.14. The number of thiophene rings is 1. The van der Waals surface area contributed by atoms with Crippen LogP contribution in [0.15, 0.2) is 30.3 Å². The smallest absolute Gasteiger partial charge is 0.387 e. The van der Waals surface area contributed by atoms with Crippen molar-refractivity contribution in [1.29, 1.82) is 0 Å². The zero-order valence-electron chi connectivity index (χ0n) is 15.0. The Kier molecular flexibility index (Phi) is 8.07. The summed E-state index contributed by atoms with van der Waals surface area (Å²) in [6.07, 6.45) is 0.136. The molecule has 5 nitrogen and oxygen atoms in total. The van der Waals surface area contributed by atoms with Crippen LogP contribution in [-0.2, 0) is 9.59 Å². The van der Waals surface area contributed by atoms with Gasteiger partial charge >= 0.3 is 6.61 Å². The Morgan fingerprint density at radius 3 is 2.43 bits per heavy atom. The zero-order chi connectivity index (χ0) is 20.7. The van der Waals surface area contributed by atoms with E-state index in [0.717, 1.165) is 4.88 Å². The maximum Gasteiger partial charge on any atom is 0.387 e. The van der Waals surface area contributed by atoms with Gasteiger partial charge in [-0.25, -0.2) is 0 Å². The Bertz CT molecular complexity index is 869. The summed E-state index contributed by atoms with van der Waals surface area (Å²) in [4.78, 5) is 37.5. The van der Waals surface area contributed by atoms with Gasteiger partial charge in [0, 0.05) is 36.2 Å². The molecule has 0 aliphatic rings. The van der Waals surface area contributed by atoms with Crippen LogP contribution in [0.3, 0.4) is 0 Å². The van der Waals surface area contributed by atoms with Crippen LogP contribution in [0.4, 0.5) is 14.5 Å². The summed E-state index contributed by atoms with van der Waals surface area (Å²) >= 11 is 7.20. The number of hydrogen-bond acceptors (Lipinski definition) is 5. The van der Waals surface area contributed by atoms with E-state index >= 15 is 0 Å². The summed E-state index contributed by atoms with van der Waals surface area (Å²) in [6, 6.07) is 7.45. The van der Waals surface area contributed by atoms with Crippen LogP contribution in [0.2, 0.25) is 5.02 Å². The van der Waals surface area contributed by atoms with Crippen LogP contribution >= 0.6 is 22.9 Å². The molecule has 1 aromatic heterocycles. The van der Waals surface area contributed by atoms with Gasteiger partial charge in [0.1, 0.15) is 11.5 Å². The van der Waals surface area contributed by atoms with Crippen molar-refractivity contribution in [3.63, 3.8) is 0 Å². The number of alkyl halides is 2. The molecule has 0 saturated carbocycles. The Morgan fingerprint density at radius 1 is 1.11 bits per heavy atom. The molecular weight excluding hydrogens is 412 g/mol. The van der Waals surface area contributed by atoms with Crippen LogP contribution in [0.25, 0.3) is 0 Å². The van der Waals surface area contributed by atoms with Gasteiger partial charge < -0.3 is 10.1 Å². The molecule has 0 radical (unpaired) electrons. The van der Waals surface area contributed by atoms with E-state index in [2.05, 4.69) is 10.1 Å². The molecule has 150 valence electrons. The van der Waals surface area contributed by atoms with Crippen molar-refractivity contribution in [2.24, 2.45) is 0 Å². The number of ketones is 2. The van der Waals surface area contributed by atoms with Gasteiger partial charge in [0.05, 0.1) is 9.90 Å². The first kappa shape index (κ1) is 22.0. The lowest BCUT2D eigenvalue weighted by molar-refractivity contribution is -0.122. The second-order valence-corrected chi connectivity index (χ2v) is 7.64. The summed E-state index contributed by atoms with van der Waals surface area (Å²) in [5.74, 6) is -0.894. The van der Waals surface area contributed by atoms with E-state index < -0.39 is 12.5 Å². The van der Waals surface area contributed by atoms with Gasteiger partial charge in [0.2, 0.25) is 5.91 Å². The van der Waals surface area contributed by atoms with Gasteiger partial charge in [0.25, 0.3) is 0 Å². The molecule has 28 heavy (non-hydrogen) atoms. The van der Waals surface area contributed by atoms with E-state index in [1.807, 2.05) is 13.0 Å². The molecule has 0 spiro atoms. The predicted octanol–water partition coefficient (Wildman–Crippen LogP) is 5.26. The Hall–Kier alpha value is -2.32. The maximum atomic E-state index is 12.2. The molecule has 2 aromatic rings. The number of benzene rings is 1. The standard InChI is InChI=1S/C19H18ClF2NO4S/c1-11-2-8-17(28-11)15(25)6-4-13(24)5-9-18(26)23-12-3-7-16(14(20)10-12)27-19(21)22/h2-3,7-8,10,19H,4-6,9H2,1H3,(H,23,26). The number of halogens is 3. The highest BCUT2D eigenvalue weighted by Gasteiger charge is 2.14. The van der Waals surface area contributed by atoms with Crippen LogP contribution in [-0.4, -0.2) is 24.1 Å². The van der Waals surface area contributed by atoms with Crippen molar-refractivity contribution in [3.8, 4) is 5.75 Å². The van der Waals surface area contributed by atoms with Gasteiger partial charge in [-0.1, -0.05) is 11.6 Å². The first-order valence-corrected chi connectivity index (χ1v) is 9.59. The molecule has 0 atom stereocenters. The number of carbonyl (C=O) groups is 3. The molecule has 0 bridgehead atoms. The molecule has 0 unspecified atom stereocenters. The lowest BCUT2D eigenvalue weighted by Crippen LogP contribution is -2.14. The van der Waals surface area contributed by atoms with Crippen LogP contribution in [0.5, 0.6) is 5.75 Å². The number of aryl methyl sites for hydroxylation is 1. The van der Waals surface area contributed by atoms with Crippen LogP contribution < -0.4 is 10.1 Å². The molecule has 1 N–H and O–H groups in total. The molecule has 9 heteroatoms. The number of hydrogen-bond donors (Lipinski definition) is 1. The van der Waals surface area contributed by atoms with E-state index in [1.165, 1.54) is 29.5 Å². The molecule has 0 aliphatic carbocycles. The monoisotopic (exact) mass is 429 g/mol. The van der Waals surface area contributed by atoms with Crippen molar-refractivity contribution in [2.75, 3.05) is 5.32 Å². The second kappa shape index (κ2) is 10.3. The van der Waals surface area contributed by atoms with E-state index in [4.69, 9.17) is 11.6 Å². The number of carbonyl (C=O) groups excluding carboxylic acids is 3. The second-order valence-electron chi connectivity index (χ2n) is 5.94. The molecule has 1 heterocycles. The summed E-state index contributed by atoms with van der Waals surface area (Å²) in [6.45, 7) is -1.10. The van der Waals surface area contributed by atoms with Gasteiger partial charge in [-0.2, -0.15) is 8.78 Å². The fourth-order valence-corrected chi connectivity index (χ4v) is 3.39. The highest BCUT2D eigenvalue weighted by Crippen LogP contribution is 2.29. The van der Waals surface area contributed by atoms with Crippen molar-refractivity contribution >= 4 is 46.1 Å². The van der Waals surface area contributed by atoms with E-state index in [0.29, 0.717) is 10.6 Å². The minimum Gasteiger partial charge on any atom is -0.433 e. The van der Waals surface area contributed by atoms with Crippen LogP contribution in [0.1, 0.15) is 40.2 Å². The quantitative estimate of drug-likeness (QED) is 0.523. The number of rotatable bonds is 10. The third-order valence-electron chi connectivity index (χ3n) is 3.71. The van der Waals surface area contributed by atoms with Crippen molar-refractivity contribution in [3.05, 3.63) is 45.1 Å². The first-order valence-electron chi connectivity index (χ1n) is 8.40. The largest absolute Gasteiger partial charge is 0.433 e. The number of anilines is 1. The predicted molar refractivity (Wildman–Crippen MR) is 104 cm³/mol. The topological polar surface area (TPSA) is 72.5 Å². The SMILES string of the molecule is Cc1ccc(C(=O)CCC(=O)CCC(=O)Nc2ccc(OC(F)F)c(Cl)c2)s1. The minimum atomic E-state index is -3.00. The van der Waals surface area contributed by atoms with Crippen molar-refractivity contribution in [2.45, 2.75) is 39.2 Å². The average Bonchev–Trinajstić information content (AvgIpc) is 3.06. The zero-order valence-corrected chi connectivity index (χ0v) is 16.5. The minimum absolute atomic E-state index is 0.00287. The average molecular weight is 430 g/mol. The van der Waals surface area contributed by atoms with Crippen molar-refractivity contribution < 1.29 is 27.9 Å². The van der Waals surface area contributed by atoms with Crippen molar-refractivity contribution in [1.82, 2.24) is 0 Å². The number of ether oxygens (including phenoxy) is 1. The Morgan fingerprint density at radius 2 is 1.82 bits per heavy atom. The molecule has 0 fully saturated rings. The summed E-state index contributed by atoms with van der Waals surface area (Å²) in [5.41, 5.74) is 0.298. The fraction of sp³-hybridized carbons (Fsp3) is 0.316. The normalized spacial score (nSPS) is 10.8. The lowest BCUT2D eigenvalue weighted by atomic mass is 10.1. The van der Waals surface area contributed by atoms with Gasteiger partial charge in [-0.15, -0.1) is 11.3 Å². The van der Waals surface area contributed by atoms with E-state index in [1.54, 1.807) is 6.07 Å². The molecule has 0 aliphatic heterocycles. The third-order valence-corrected chi connectivity index (χ3v) is 5.05. The van der Waals surface area contributed by atoms with Gasteiger partial charge in [0.15, 0.2) is 5.78 Å².